The third kappa shape index (κ3) is 2.95. The van der Waals surface area contributed by atoms with Gasteiger partial charge in [0, 0.05) is 36.9 Å². The molecule has 0 unspecified atom stereocenters. The predicted molar refractivity (Wildman–Crippen MR) is 65.1 cm³/mol. The lowest BCUT2D eigenvalue weighted by Gasteiger charge is -2.06. The number of pyridine rings is 2. The maximum Gasteiger partial charge on any atom is 0.125 e. The van der Waals surface area contributed by atoms with Crippen molar-refractivity contribution in [3.63, 3.8) is 0 Å². The summed E-state index contributed by atoms with van der Waals surface area (Å²) in [6.45, 7) is 0.856. The smallest absolute Gasteiger partial charge is 0.125 e. The SMILES string of the molecule is Nc1cc(NCCc2cccnc2)ccn1. The van der Waals surface area contributed by atoms with E-state index >= 15 is 0 Å². The quantitative estimate of drug-likeness (QED) is 0.813. The van der Waals surface area contributed by atoms with Gasteiger partial charge in [0.2, 0.25) is 0 Å². The van der Waals surface area contributed by atoms with Crippen LogP contribution in [0.5, 0.6) is 0 Å². The zero-order valence-electron chi connectivity index (χ0n) is 8.93. The van der Waals surface area contributed by atoms with Gasteiger partial charge in [0.15, 0.2) is 0 Å². The van der Waals surface area contributed by atoms with E-state index in [0.717, 1.165) is 18.7 Å². The molecule has 2 aromatic heterocycles. The van der Waals surface area contributed by atoms with E-state index in [1.807, 2.05) is 24.4 Å². The number of nitrogens with zero attached hydrogens (tertiary/aromatic N) is 2. The fourth-order valence-electron chi connectivity index (χ4n) is 1.46. The Hall–Kier alpha value is -2.10. The number of nitrogens with one attached hydrogen (secondary N) is 1. The van der Waals surface area contributed by atoms with E-state index in [0.29, 0.717) is 5.82 Å². The third-order valence-electron chi connectivity index (χ3n) is 2.25. The van der Waals surface area contributed by atoms with Gasteiger partial charge in [0.25, 0.3) is 0 Å². The summed E-state index contributed by atoms with van der Waals surface area (Å²) in [6, 6.07) is 7.73. The number of nitrogen functional groups attached to an aromatic ring is 1. The van der Waals surface area contributed by atoms with Crippen LogP contribution in [0.4, 0.5) is 11.5 Å². The topological polar surface area (TPSA) is 63.8 Å². The highest BCUT2D eigenvalue weighted by molar-refractivity contribution is 5.49. The molecule has 0 saturated heterocycles. The lowest BCUT2D eigenvalue weighted by molar-refractivity contribution is 1.00. The molecule has 0 aromatic carbocycles. The van der Waals surface area contributed by atoms with Crippen molar-refractivity contribution in [3.8, 4) is 0 Å². The molecule has 0 aliphatic rings. The van der Waals surface area contributed by atoms with Crippen molar-refractivity contribution in [3.05, 3.63) is 48.4 Å². The summed E-state index contributed by atoms with van der Waals surface area (Å²) in [5.74, 6) is 0.534. The Bertz CT molecular complexity index is 442. The molecule has 0 fully saturated rings. The van der Waals surface area contributed by atoms with Gasteiger partial charge >= 0.3 is 0 Å². The minimum Gasteiger partial charge on any atom is -0.385 e. The average molecular weight is 214 g/mol. The van der Waals surface area contributed by atoms with Crippen LogP contribution in [0.1, 0.15) is 5.56 Å². The molecule has 2 rings (SSSR count). The maximum absolute atomic E-state index is 5.58. The molecular weight excluding hydrogens is 200 g/mol. The molecule has 3 N–H and O–H groups in total. The van der Waals surface area contributed by atoms with Crippen LogP contribution in [0.25, 0.3) is 0 Å². The lowest BCUT2D eigenvalue weighted by atomic mass is 10.2. The Morgan fingerprint density at radius 1 is 1.25 bits per heavy atom. The minimum absolute atomic E-state index is 0.534. The van der Waals surface area contributed by atoms with Crippen LogP contribution in [0.3, 0.4) is 0 Å². The van der Waals surface area contributed by atoms with Crippen molar-refractivity contribution in [1.29, 1.82) is 0 Å². The molecular formula is C12H14N4. The fraction of sp³-hybridized carbons (Fsp3) is 0.167. The first-order valence-corrected chi connectivity index (χ1v) is 5.19. The molecule has 0 radical (unpaired) electrons. The lowest BCUT2D eigenvalue weighted by Crippen LogP contribution is -2.05. The Morgan fingerprint density at radius 3 is 2.94 bits per heavy atom. The van der Waals surface area contributed by atoms with Gasteiger partial charge in [-0.2, -0.15) is 0 Å². The standard InChI is InChI=1S/C12H14N4/c13-12-8-11(4-7-16-12)15-6-3-10-2-1-5-14-9-10/h1-2,4-5,7-9H,3,6H2,(H3,13,15,16). The molecule has 82 valence electrons. The molecule has 0 aliphatic heterocycles. The highest BCUT2D eigenvalue weighted by Gasteiger charge is 1.94. The van der Waals surface area contributed by atoms with Gasteiger partial charge in [-0.3, -0.25) is 4.98 Å². The van der Waals surface area contributed by atoms with Crippen LogP contribution in [0.15, 0.2) is 42.9 Å². The van der Waals surface area contributed by atoms with Crippen molar-refractivity contribution in [2.45, 2.75) is 6.42 Å². The van der Waals surface area contributed by atoms with Gasteiger partial charge in [-0.1, -0.05) is 6.07 Å². The van der Waals surface area contributed by atoms with Crippen molar-refractivity contribution in [2.24, 2.45) is 0 Å². The van der Waals surface area contributed by atoms with Gasteiger partial charge in [-0.15, -0.1) is 0 Å². The zero-order valence-corrected chi connectivity index (χ0v) is 8.93. The van der Waals surface area contributed by atoms with Crippen LogP contribution >= 0.6 is 0 Å². The van der Waals surface area contributed by atoms with Gasteiger partial charge in [0.05, 0.1) is 0 Å². The second-order valence-corrected chi connectivity index (χ2v) is 3.51. The van der Waals surface area contributed by atoms with E-state index in [9.17, 15) is 0 Å². The molecule has 0 bridgehead atoms. The van der Waals surface area contributed by atoms with Crippen LogP contribution in [-0.4, -0.2) is 16.5 Å². The summed E-state index contributed by atoms with van der Waals surface area (Å²) in [5, 5.41) is 3.29. The highest BCUT2D eigenvalue weighted by atomic mass is 14.9. The number of aromatic nitrogens is 2. The number of rotatable bonds is 4. The molecule has 0 amide bonds. The van der Waals surface area contributed by atoms with Crippen molar-refractivity contribution >= 4 is 11.5 Å². The molecule has 0 saturated carbocycles. The van der Waals surface area contributed by atoms with Crippen molar-refractivity contribution < 1.29 is 0 Å². The van der Waals surface area contributed by atoms with E-state index in [1.165, 1.54) is 5.56 Å². The number of nitrogens with two attached hydrogens (primary N) is 1. The molecule has 0 atom stereocenters. The summed E-state index contributed by atoms with van der Waals surface area (Å²) < 4.78 is 0. The summed E-state index contributed by atoms with van der Waals surface area (Å²) in [7, 11) is 0. The Kier molecular flexibility index (Phi) is 3.33. The van der Waals surface area contributed by atoms with E-state index in [4.69, 9.17) is 5.73 Å². The molecule has 2 heterocycles. The van der Waals surface area contributed by atoms with Gasteiger partial charge in [0.1, 0.15) is 5.82 Å². The molecule has 2 aromatic rings. The molecule has 0 spiro atoms. The van der Waals surface area contributed by atoms with Crippen LogP contribution in [-0.2, 0) is 6.42 Å². The second-order valence-electron chi connectivity index (χ2n) is 3.51. The van der Waals surface area contributed by atoms with Gasteiger partial charge in [-0.25, -0.2) is 4.98 Å². The van der Waals surface area contributed by atoms with E-state index in [2.05, 4.69) is 21.4 Å². The number of anilines is 2. The first-order chi connectivity index (χ1) is 7.84. The monoisotopic (exact) mass is 214 g/mol. The van der Waals surface area contributed by atoms with E-state index < -0.39 is 0 Å². The molecule has 4 heteroatoms. The van der Waals surface area contributed by atoms with Gasteiger partial charge < -0.3 is 11.1 Å². The third-order valence-corrected chi connectivity index (χ3v) is 2.25. The van der Waals surface area contributed by atoms with Crippen LogP contribution in [0.2, 0.25) is 0 Å². The number of hydrogen-bond acceptors (Lipinski definition) is 4. The van der Waals surface area contributed by atoms with Crippen LogP contribution < -0.4 is 11.1 Å². The maximum atomic E-state index is 5.58. The molecule has 4 nitrogen and oxygen atoms in total. The van der Waals surface area contributed by atoms with E-state index in [1.54, 1.807) is 12.4 Å². The van der Waals surface area contributed by atoms with E-state index in [-0.39, 0.29) is 0 Å². The zero-order chi connectivity index (χ0) is 11.2. The largest absolute Gasteiger partial charge is 0.385 e. The Morgan fingerprint density at radius 2 is 2.19 bits per heavy atom. The summed E-state index contributed by atoms with van der Waals surface area (Å²) in [4.78, 5) is 8.00. The first-order valence-electron chi connectivity index (χ1n) is 5.19. The van der Waals surface area contributed by atoms with Crippen molar-refractivity contribution in [1.82, 2.24) is 9.97 Å². The summed E-state index contributed by atoms with van der Waals surface area (Å²) >= 11 is 0. The van der Waals surface area contributed by atoms with Crippen molar-refractivity contribution in [2.75, 3.05) is 17.6 Å². The highest BCUT2D eigenvalue weighted by Crippen LogP contribution is 2.08. The second kappa shape index (κ2) is 5.11. The Balaban J connectivity index is 1.85. The average Bonchev–Trinajstić information content (AvgIpc) is 2.30. The summed E-state index contributed by atoms with van der Waals surface area (Å²) in [6.07, 6.45) is 6.29. The molecule has 16 heavy (non-hydrogen) atoms. The summed E-state index contributed by atoms with van der Waals surface area (Å²) in [5.41, 5.74) is 7.80. The van der Waals surface area contributed by atoms with Crippen LogP contribution in [0, 0.1) is 0 Å². The predicted octanol–water partition coefficient (Wildman–Crippen LogP) is 1.71. The normalized spacial score (nSPS) is 10.0. The fourth-order valence-corrected chi connectivity index (χ4v) is 1.46. The Labute approximate surface area is 94.5 Å². The molecule has 0 aliphatic carbocycles. The van der Waals surface area contributed by atoms with Gasteiger partial charge in [-0.05, 0) is 24.1 Å². The minimum atomic E-state index is 0.534. The first kappa shape index (κ1) is 10.4. The number of hydrogen-bond donors (Lipinski definition) is 2.